The van der Waals surface area contributed by atoms with Gasteiger partial charge in [-0.15, -0.1) is 0 Å². The molecule has 0 unspecified atom stereocenters. The van der Waals surface area contributed by atoms with Gasteiger partial charge in [-0.2, -0.15) is 0 Å². The molecule has 0 bridgehead atoms. The number of Topliss-reactive ketones (excluding diaryl/α,β-unsaturated/α-hetero) is 1. The van der Waals surface area contributed by atoms with E-state index in [4.69, 9.17) is 0 Å². The van der Waals surface area contributed by atoms with Crippen molar-refractivity contribution < 1.29 is 9.59 Å². The third-order valence-corrected chi connectivity index (χ3v) is 4.80. The third-order valence-electron chi connectivity index (χ3n) is 4.80. The highest BCUT2D eigenvalue weighted by molar-refractivity contribution is 5.99. The van der Waals surface area contributed by atoms with Gasteiger partial charge in [0.1, 0.15) is 0 Å². The van der Waals surface area contributed by atoms with E-state index in [1.54, 1.807) is 11.9 Å². The van der Waals surface area contributed by atoms with Gasteiger partial charge >= 0.3 is 0 Å². The van der Waals surface area contributed by atoms with Gasteiger partial charge in [-0.25, -0.2) is 0 Å². The van der Waals surface area contributed by atoms with Crippen molar-refractivity contribution in [3.8, 4) is 0 Å². The van der Waals surface area contributed by atoms with Crippen LogP contribution in [-0.2, 0) is 4.79 Å². The minimum Gasteiger partial charge on any atom is -0.350 e. The minimum atomic E-state index is -0.277. The lowest BCUT2D eigenvalue weighted by Gasteiger charge is -2.23. The maximum absolute atomic E-state index is 12.9. The molecule has 152 valence electrons. The fourth-order valence-corrected chi connectivity index (χ4v) is 3.63. The molecule has 0 aliphatic carbocycles. The summed E-state index contributed by atoms with van der Waals surface area (Å²) in [4.78, 5) is 26.7. The van der Waals surface area contributed by atoms with Crippen LogP contribution in [0.15, 0.2) is 36.4 Å². The highest BCUT2D eigenvalue weighted by Crippen LogP contribution is 2.25. The van der Waals surface area contributed by atoms with E-state index in [-0.39, 0.29) is 36.4 Å². The van der Waals surface area contributed by atoms with Gasteiger partial charge in [0.05, 0.1) is 19.1 Å². The Balaban J connectivity index is 2.11. The molecule has 0 saturated heterocycles. The average Bonchev–Trinajstić information content (AvgIpc) is 2.87. The van der Waals surface area contributed by atoms with Gasteiger partial charge in [-0.3, -0.25) is 14.5 Å². The van der Waals surface area contributed by atoms with Crippen LogP contribution in [0.4, 0.5) is 0 Å². The zero-order valence-electron chi connectivity index (χ0n) is 18.2. The van der Waals surface area contributed by atoms with Crippen LogP contribution < -0.4 is 5.32 Å². The van der Waals surface area contributed by atoms with Gasteiger partial charge in [-0.05, 0) is 60.2 Å². The number of amides is 1. The van der Waals surface area contributed by atoms with Crippen LogP contribution in [0.1, 0.15) is 61.0 Å². The van der Waals surface area contributed by atoms with Crippen molar-refractivity contribution in [1.82, 2.24) is 14.8 Å². The number of aromatic nitrogens is 1. The quantitative estimate of drug-likeness (QED) is 0.741. The first-order chi connectivity index (χ1) is 13.0. The molecule has 1 heterocycles. The van der Waals surface area contributed by atoms with Crippen LogP contribution in [0.5, 0.6) is 0 Å². The van der Waals surface area contributed by atoms with Crippen molar-refractivity contribution >= 4 is 11.7 Å². The number of hydrogen-bond donors (Lipinski definition) is 1. The van der Waals surface area contributed by atoms with E-state index in [9.17, 15) is 9.59 Å². The van der Waals surface area contributed by atoms with E-state index >= 15 is 0 Å². The van der Waals surface area contributed by atoms with Gasteiger partial charge in [0.2, 0.25) is 5.91 Å². The Morgan fingerprint density at radius 2 is 1.71 bits per heavy atom. The van der Waals surface area contributed by atoms with Crippen molar-refractivity contribution in [3.63, 3.8) is 0 Å². The second-order valence-electron chi connectivity index (χ2n) is 8.64. The maximum atomic E-state index is 12.9. The molecule has 5 nitrogen and oxygen atoms in total. The van der Waals surface area contributed by atoms with Gasteiger partial charge in [0.15, 0.2) is 5.78 Å². The topological polar surface area (TPSA) is 54.3 Å². The summed E-state index contributed by atoms with van der Waals surface area (Å²) in [5, 5.41) is 2.92. The molecule has 1 aromatic carbocycles. The first-order valence-electron chi connectivity index (χ1n) is 9.75. The summed E-state index contributed by atoms with van der Waals surface area (Å²) >= 11 is 0. The lowest BCUT2D eigenvalue weighted by atomic mass is 10.1. The standard InChI is InChI=1S/C23H33N3O2/c1-16-13-20(18(3)26(16)17(2)19-11-9-8-10-12-19)21(27)14-25(7)15-22(28)24-23(4,5)6/h8-13,17H,14-15H2,1-7H3,(H,24,28)/t17-/m0/s1. The van der Waals surface area contributed by atoms with Crippen LogP contribution in [-0.4, -0.2) is 46.8 Å². The molecule has 2 aromatic rings. The number of rotatable bonds is 7. The number of nitrogens with one attached hydrogen (secondary N) is 1. The molecule has 0 aliphatic rings. The Labute approximate surface area is 168 Å². The second kappa shape index (κ2) is 8.74. The van der Waals surface area contributed by atoms with Gasteiger partial charge in [-0.1, -0.05) is 30.3 Å². The predicted molar refractivity (Wildman–Crippen MR) is 114 cm³/mol. The van der Waals surface area contributed by atoms with Crippen LogP contribution in [0, 0.1) is 13.8 Å². The summed E-state index contributed by atoms with van der Waals surface area (Å²) in [5.41, 5.74) is 3.68. The molecule has 5 heteroatoms. The summed E-state index contributed by atoms with van der Waals surface area (Å²) < 4.78 is 2.20. The normalized spacial score (nSPS) is 12.9. The van der Waals surface area contributed by atoms with Crippen molar-refractivity contribution in [2.24, 2.45) is 0 Å². The van der Waals surface area contributed by atoms with Crippen LogP contribution in [0.3, 0.4) is 0 Å². The average molecular weight is 384 g/mol. The highest BCUT2D eigenvalue weighted by Gasteiger charge is 2.22. The molecule has 0 spiro atoms. The fourth-order valence-electron chi connectivity index (χ4n) is 3.63. The Bertz CT molecular complexity index is 832. The number of ketones is 1. The SMILES string of the molecule is Cc1cc(C(=O)CN(C)CC(=O)NC(C)(C)C)c(C)n1[C@@H](C)c1ccccc1. The summed E-state index contributed by atoms with van der Waals surface area (Å²) in [7, 11) is 1.80. The summed E-state index contributed by atoms with van der Waals surface area (Å²) in [6.45, 7) is 12.4. The number of aryl methyl sites for hydroxylation is 1. The molecule has 1 atom stereocenters. The monoisotopic (exact) mass is 383 g/mol. The molecule has 0 aliphatic heterocycles. The first-order valence-corrected chi connectivity index (χ1v) is 9.75. The van der Waals surface area contributed by atoms with E-state index in [0.29, 0.717) is 0 Å². The number of carbonyl (C=O) groups excluding carboxylic acids is 2. The lowest BCUT2D eigenvalue weighted by molar-refractivity contribution is -0.123. The number of hydrogen-bond acceptors (Lipinski definition) is 3. The Morgan fingerprint density at radius 3 is 2.29 bits per heavy atom. The Hall–Kier alpha value is -2.40. The number of nitrogens with zero attached hydrogens (tertiary/aromatic N) is 2. The van der Waals surface area contributed by atoms with Gasteiger partial charge in [0.25, 0.3) is 0 Å². The van der Waals surface area contributed by atoms with E-state index in [0.717, 1.165) is 17.0 Å². The number of benzene rings is 1. The largest absolute Gasteiger partial charge is 0.350 e. The molecule has 0 radical (unpaired) electrons. The molecular formula is C23H33N3O2. The Morgan fingerprint density at radius 1 is 1.11 bits per heavy atom. The molecular weight excluding hydrogens is 350 g/mol. The molecule has 0 saturated carbocycles. The number of likely N-dealkylation sites (N-methyl/N-ethyl adjacent to an activating group) is 1. The third kappa shape index (κ3) is 5.55. The van der Waals surface area contributed by atoms with E-state index < -0.39 is 0 Å². The van der Waals surface area contributed by atoms with Crippen molar-refractivity contribution in [2.75, 3.05) is 20.1 Å². The van der Waals surface area contributed by atoms with Crippen molar-refractivity contribution in [2.45, 2.75) is 53.1 Å². The van der Waals surface area contributed by atoms with Crippen molar-refractivity contribution in [3.05, 3.63) is 58.9 Å². The zero-order chi connectivity index (χ0) is 21.1. The van der Waals surface area contributed by atoms with Crippen molar-refractivity contribution in [1.29, 1.82) is 0 Å². The summed E-state index contributed by atoms with van der Waals surface area (Å²) in [5.74, 6) is -0.0448. The maximum Gasteiger partial charge on any atom is 0.234 e. The predicted octanol–water partition coefficient (Wildman–Crippen LogP) is 3.74. The fraction of sp³-hybridized carbons (Fsp3) is 0.478. The van der Waals surface area contributed by atoms with Gasteiger partial charge < -0.3 is 9.88 Å². The van der Waals surface area contributed by atoms with Crippen LogP contribution in [0.25, 0.3) is 0 Å². The van der Waals surface area contributed by atoms with Gasteiger partial charge in [0, 0.05) is 22.5 Å². The molecule has 1 N–H and O–H groups in total. The van der Waals surface area contributed by atoms with E-state index in [1.165, 1.54) is 5.56 Å². The molecule has 28 heavy (non-hydrogen) atoms. The summed E-state index contributed by atoms with van der Waals surface area (Å²) in [6.07, 6.45) is 0. The van der Waals surface area contributed by atoms with E-state index in [2.05, 4.69) is 28.9 Å². The number of carbonyl (C=O) groups is 2. The smallest absolute Gasteiger partial charge is 0.234 e. The molecule has 1 aromatic heterocycles. The summed E-state index contributed by atoms with van der Waals surface area (Å²) in [6, 6.07) is 12.4. The molecule has 1 amide bonds. The van der Waals surface area contributed by atoms with E-state index in [1.807, 2.05) is 58.9 Å². The molecule has 0 fully saturated rings. The van der Waals surface area contributed by atoms with Crippen LogP contribution in [0.2, 0.25) is 0 Å². The minimum absolute atomic E-state index is 0.0330. The molecule has 2 rings (SSSR count). The first kappa shape index (κ1) is 21.9. The Kier molecular flexibility index (Phi) is 6.83. The highest BCUT2D eigenvalue weighted by atomic mass is 16.2. The second-order valence-corrected chi connectivity index (χ2v) is 8.64. The zero-order valence-corrected chi connectivity index (χ0v) is 18.2. The van der Waals surface area contributed by atoms with Crippen LogP contribution >= 0.6 is 0 Å². The lowest BCUT2D eigenvalue weighted by Crippen LogP contribution is -2.45.